The molecule has 2 aromatic carbocycles. The first-order chi connectivity index (χ1) is 17.7. The molecule has 0 saturated carbocycles. The second kappa shape index (κ2) is 10.3. The molecule has 0 radical (unpaired) electrons. The number of aromatic nitrogens is 1. The number of H-pyrrole nitrogens is 1. The number of carbonyl (C=O) groups excluding carboxylic acids is 3. The minimum absolute atomic E-state index is 0.0789. The van der Waals surface area contributed by atoms with Gasteiger partial charge in [0, 0.05) is 61.9 Å². The van der Waals surface area contributed by atoms with Crippen molar-refractivity contribution in [2.45, 2.75) is 45.3 Å². The fourth-order valence-corrected chi connectivity index (χ4v) is 5.60. The van der Waals surface area contributed by atoms with Crippen molar-refractivity contribution in [1.82, 2.24) is 19.7 Å². The Morgan fingerprint density at radius 3 is 2.41 bits per heavy atom. The maximum atomic E-state index is 13.7. The first-order valence-electron chi connectivity index (χ1n) is 12.7. The highest BCUT2D eigenvalue weighted by Crippen LogP contribution is 2.30. The molecular formula is C28H30ClFN4O3. The SMILES string of the molecule is C[C@@H]1CN(Cc2ccc(F)cc2)[C@@H](C)CN1C(=O)c1cc2c(C(=O)C(=O)N3CCCC3)c[nH]c2cc1Cl. The van der Waals surface area contributed by atoms with Gasteiger partial charge in [0.1, 0.15) is 5.82 Å². The van der Waals surface area contributed by atoms with Crippen LogP contribution >= 0.6 is 11.6 Å². The van der Waals surface area contributed by atoms with Crippen molar-refractivity contribution < 1.29 is 18.8 Å². The van der Waals surface area contributed by atoms with E-state index < -0.39 is 11.7 Å². The van der Waals surface area contributed by atoms with E-state index in [2.05, 4.69) is 16.8 Å². The lowest BCUT2D eigenvalue weighted by molar-refractivity contribution is -0.125. The Labute approximate surface area is 220 Å². The van der Waals surface area contributed by atoms with Crippen LogP contribution in [0.2, 0.25) is 5.02 Å². The number of nitrogens with one attached hydrogen (secondary N) is 1. The largest absolute Gasteiger partial charge is 0.360 e. The fraction of sp³-hybridized carbons (Fsp3) is 0.393. The third kappa shape index (κ3) is 5.00. The summed E-state index contributed by atoms with van der Waals surface area (Å²) < 4.78 is 13.3. The first-order valence-corrected chi connectivity index (χ1v) is 13.0. The van der Waals surface area contributed by atoms with Crippen LogP contribution in [0.25, 0.3) is 10.9 Å². The molecular weight excluding hydrogens is 495 g/mol. The van der Waals surface area contributed by atoms with Gasteiger partial charge in [-0.3, -0.25) is 19.3 Å². The van der Waals surface area contributed by atoms with Crippen molar-refractivity contribution in [3.63, 3.8) is 0 Å². The monoisotopic (exact) mass is 524 g/mol. The number of rotatable bonds is 5. The molecule has 3 aromatic rings. The molecule has 37 heavy (non-hydrogen) atoms. The zero-order valence-electron chi connectivity index (χ0n) is 21.0. The minimum Gasteiger partial charge on any atom is -0.360 e. The quantitative estimate of drug-likeness (QED) is 0.394. The summed E-state index contributed by atoms with van der Waals surface area (Å²) >= 11 is 6.54. The summed E-state index contributed by atoms with van der Waals surface area (Å²) in [5.74, 6) is -1.56. The Hall–Kier alpha value is -3.23. The van der Waals surface area contributed by atoms with Gasteiger partial charge in [-0.2, -0.15) is 0 Å². The van der Waals surface area contributed by atoms with Crippen LogP contribution in [0.1, 0.15) is 53.0 Å². The number of halogens is 2. The number of aromatic amines is 1. The van der Waals surface area contributed by atoms with Crippen LogP contribution in [-0.2, 0) is 11.3 Å². The van der Waals surface area contributed by atoms with Crippen LogP contribution in [0.15, 0.2) is 42.6 Å². The number of amides is 2. The molecule has 0 unspecified atom stereocenters. The summed E-state index contributed by atoms with van der Waals surface area (Å²) in [5.41, 5.74) is 2.18. The highest BCUT2D eigenvalue weighted by molar-refractivity contribution is 6.45. The molecule has 2 amide bonds. The Balaban J connectivity index is 1.36. The average Bonchev–Trinajstić information content (AvgIpc) is 3.56. The second-order valence-corrected chi connectivity index (χ2v) is 10.5. The Morgan fingerprint density at radius 1 is 1.00 bits per heavy atom. The van der Waals surface area contributed by atoms with Crippen molar-refractivity contribution in [2.24, 2.45) is 0 Å². The lowest BCUT2D eigenvalue weighted by Crippen LogP contribution is -2.57. The predicted octanol–water partition coefficient (Wildman–Crippen LogP) is 4.50. The lowest BCUT2D eigenvalue weighted by Gasteiger charge is -2.44. The number of carbonyl (C=O) groups is 3. The molecule has 0 aliphatic carbocycles. The summed E-state index contributed by atoms with van der Waals surface area (Å²) in [6, 6.07) is 9.74. The lowest BCUT2D eigenvalue weighted by atomic mass is 10.0. The molecule has 7 nitrogen and oxygen atoms in total. The third-order valence-corrected chi connectivity index (χ3v) is 7.82. The number of nitrogens with zero attached hydrogens (tertiary/aromatic N) is 3. The summed E-state index contributed by atoms with van der Waals surface area (Å²) in [7, 11) is 0. The van der Waals surface area contributed by atoms with Gasteiger partial charge in [-0.25, -0.2) is 4.39 Å². The second-order valence-electron chi connectivity index (χ2n) is 10.1. The number of likely N-dealkylation sites (tertiary alicyclic amines) is 1. The molecule has 0 bridgehead atoms. The molecule has 3 heterocycles. The minimum atomic E-state index is -0.578. The fourth-order valence-electron chi connectivity index (χ4n) is 5.35. The maximum absolute atomic E-state index is 13.7. The normalized spacial score (nSPS) is 20.5. The average molecular weight is 525 g/mol. The van der Waals surface area contributed by atoms with E-state index in [1.165, 1.54) is 18.3 Å². The summed E-state index contributed by atoms with van der Waals surface area (Å²) in [6.07, 6.45) is 3.31. The van der Waals surface area contributed by atoms with Gasteiger partial charge in [0.2, 0.25) is 0 Å². The van der Waals surface area contributed by atoms with Gasteiger partial charge in [-0.1, -0.05) is 23.7 Å². The van der Waals surface area contributed by atoms with E-state index in [1.807, 2.05) is 11.8 Å². The maximum Gasteiger partial charge on any atom is 0.295 e. The Bertz CT molecular complexity index is 1350. The molecule has 9 heteroatoms. The van der Waals surface area contributed by atoms with E-state index in [1.54, 1.807) is 29.2 Å². The van der Waals surface area contributed by atoms with E-state index in [-0.39, 0.29) is 34.4 Å². The third-order valence-electron chi connectivity index (χ3n) is 7.51. The van der Waals surface area contributed by atoms with Crippen LogP contribution in [0.5, 0.6) is 0 Å². The van der Waals surface area contributed by atoms with E-state index in [0.29, 0.717) is 49.2 Å². The van der Waals surface area contributed by atoms with Gasteiger partial charge in [-0.15, -0.1) is 0 Å². The molecule has 2 aliphatic rings. The van der Waals surface area contributed by atoms with E-state index in [0.717, 1.165) is 18.4 Å². The molecule has 2 aliphatic heterocycles. The summed E-state index contributed by atoms with van der Waals surface area (Å²) in [6.45, 7) is 7.06. The number of piperazine rings is 1. The van der Waals surface area contributed by atoms with E-state index >= 15 is 0 Å². The van der Waals surface area contributed by atoms with Crippen molar-refractivity contribution in [1.29, 1.82) is 0 Å². The summed E-state index contributed by atoms with van der Waals surface area (Å²) in [4.78, 5) is 48.1. The van der Waals surface area contributed by atoms with Gasteiger partial charge in [0.05, 0.1) is 16.1 Å². The van der Waals surface area contributed by atoms with Crippen LogP contribution in [0, 0.1) is 5.82 Å². The first kappa shape index (κ1) is 25.4. The molecule has 2 saturated heterocycles. The van der Waals surface area contributed by atoms with E-state index in [4.69, 9.17) is 11.6 Å². The predicted molar refractivity (Wildman–Crippen MR) is 140 cm³/mol. The van der Waals surface area contributed by atoms with Crippen LogP contribution < -0.4 is 0 Å². The highest BCUT2D eigenvalue weighted by Gasteiger charge is 2.34. The number of Topliss-reactive ketones (excluding diaryl/α,β-unsaturated/α-hetero) is 1. The number of hydrogen-bond acceptors (Lipinski definition) is 4. The van der Waals surface area contributed by atoms with Crippen molar-refractivity contribution in [3.8, 4) is 0 Å². The van der Waals surface area contributed by atoms with Crippen LogP contribution in [0.3, 0.4) is 0 Å². The standard InChI is InChI=1S/C28H30ClFN4O3/c1-17-15-34(18(2)14-33(17)16-19-5-7-20(30)8-6-19)27(36)22-11-21-23(13-31-25(21)12-24(22)29)26(35)28(37)32-9-3-4-10-32/h5-8,11-13,17-18,31H,3-4,9-10,14-16H2,1-2H3/t17-,18+/m0/s1. The molecule has 194 valence electrons. The smallest absolute Gasteiger partial charge is 0.295 e. The molecule has 2 atom stereocenters. The zero-order valence-corrected chi connectivity index (χ0v) is 21.7. The number of benzene rings is 2. The zero-order chi connectivity index (χ0) is 26.3. The van der Waals surface area contributed by atoms with E-state index in [9.17, 15) is 18.8 Å². The molecule has 2 fully saturated rings. The molecule has 1 N–H and O–H groups in total. The van der Waals surface area contributed by atoms with Gasteiger partial charge < -0.3 is 14.8 Å². The van der Waals surface area contributed by atoms with Crippen molar-refractivity contribution in [2.75, 3.05) is 26.2 Å². The highest BCUT2D eigenvalue weighted by atomic mass is 35.5. The summed E-state index contributed by atoms with van der Waals surface area (Å²) in [5, 5.41) is 0.804. The molecule has 0 spiro atoms. The number of hydrogen-bond donors (Lipinski definition) is 1. The molecule has 5 rings (SSSR count). The van der Waals surface area contributed by atoms with Gasteiger partial charge >= 0.3 is 0 Å². The van der Waals surface area contributed by atoms with Crippen LogP contribution in [-0.4, -0.2) is 75.5 Å². The van der Waals surface area contributed by atoms with Crippen molar-refractivity contribution >= 4 is 40.1 Å². The number of ketones is 1. The van der Waals surface area contributed by atoms with Crippen LogP contribution in [0.4, 0.5) is 4.39 Å². The van der Waals surface area contributed by atoms with Gasteiger partial charge in [0.25, 0.3) is 17.6 Å². The molecule has 1 aromatic heterocycles. The Morgan fingerprint density at radius 2 is 1.70 bits per heavy atom. The Kier molecular flexibility index (Phi) is 7.05. The topological polar surface area (TPSA) is 76.7 Å². The van der Waals surface area contributed by atoms with Gasteiger partial charge in [-0.05, 0) is 56.5 Å². The van der Waals surface area contributed by atoms with Gasteiger partial charge in [0.15, 0.2) is 0 Å². The van der Waals surface area contributed by atoms with Crippen molar-refractivity contribution in [3.05, 3.63) is 70.1 Å². The number of fused-ring (bicyclic) bond motifs is 1.